The Balaban J connectivity index is 1.75. The summed E-state index contributed by atoms with van der Waals surface area (Å²) < 4.78 is 0. The molecule has 0 aliphatic carbocycles. The monoisotopic (exact) mass is 365 g/mol. The second kappa shape index (κ2) is 11.0. The number of carbonyl (C=O) groups excluding carboxylic acids is 1. The minimum absolute atomic E-state index is 0.0909. The SMILES string of the molecule is C=CCN(Cc1ccccc1)C(=O)NCCSCc1ccccc1C#N. The lowest BCUT2D eigenvalue weighted by Crippen LogP contribution is -2.40. The van der Waals surface area contributed by atoms with Gasteiger partial charge in [-0.2, -0.15) is 17.0 Å². The summed E-state index contributed by atoms with van der Waals surface area (Å²) in [5.74, 6) is 1.55. The second-order valence-corrected chi connectivity index (χ2v) is 6.81. The van der Waals surface area contributed by atoms with E-state index in [1.165, 1.54) is 0 Å². The van der Waals surface area contributed by atoms with Crippen molar-refractivity contribution >= 4 is 17.8 Å². The van der Waals surface area contributed by atoms with E-state index in [1.807, 2.05) is 54.6 Å². The highest BCUT2D eigenvalue weighted by atomic mass is 32.2. The molecule has 0 spiro atoms. The molecule has 134 valence electrons. The van der Waals surface area contributed by atoms with Crippen LogP contribution in [0, 0.1) is 11.3 Å². The number of nitrogens with one attached hydrogen (secondary N) is 1. The van der Waals surface area contributed by atoms with Crippen LogP contribution < -0.4 is 5.32 Å². The summed E-state index contributed by atoms with van der Waals surface area (Å²) in [6.07, 6.45) is 1.73. The molecule has 4 nitrogen and oxygen atoms in total. The zero-order valence-corrected chi connectivity index (χ0v) is 15.5. The van der Waals surface area contributed by atoms with Gasteiger partial charge in [-0.05, 0) is 17.2 Å². The molecule has 0 saturated heterocycles. The van der Waals surface area contributed by atoms with Crippen LogP contribution in [-0.4, -0.2) is 29.8 Å². The zero-order valence-electron chi connectivity index (χ0n) is 14.7. The third-order valence-electron chi connectivity index (χ3n) is 3.77. The van der Waals surface area contributed by atoms with Crippen LogP contribution in [0.25, 0.3) is 0 Å². The zero-order chi connectivity index (χ0) is 18.6. The van der Waals surface area contributed by atoms with Gasteiger partial charge in [-0.1, -0.05) is 54.6 Å². The molecule has 5 heteroatoms. The van der Waals surface area contributed by atoms with Gasteiger partial charge in [0.15, 0.2) is 0 Å². The summed E-state index contributed by atoms with van der Waals surface area (Å²) in [7, 11) is 0. The number of hydrogen-bond donors (Lipinski definition) is 1. The quantitative estimate of drug-likeness (QED) is 0.535. The molecule has 0 aromatic heterocycles. The van der Waals surface area contributed by atoms with E-state index in [1.54, 1.807) is 22.7 Å². The number of nitriles is 1. The van der Waals surface area contributed by atoms with Gasteiger partial charge in [-0.15, -0.1) is 6.58 Å². The van der Waals surface area contributed by atoms with Gasteiger partial charge in [0.2, 0.25) is 0 Å². The molecule has 0 heterocycles. The number of hydrogen-bond acceptors (Lipinski definition) is 3. The minimum Gasteiger partial charge on any atom is -0.337 e. The number of benzene rings is 2. The number of thioether (sulfide) groups is 1. The molecule has 2 aromatic carbocycles. The molecule has 0 fully saturated rings. The van der Waals surface area contributed by atoms with E-state index in [-0.39, 0.29) is 6.03 Å². The third-order valence-corrected chi connectivity index (χ3v) is 4.78. The van der Waals surface area contributed by atoms with E-state index in [2.05, 4.69) is 18.0 Å². The van der Waals surface area contributed by atoms with Crippen LogP contribution in [0.3, 0.4) is 0 Å². The van der Waals surface area contributed by atoms with Crippen LogP contribution >= 0.6 is 11.8 Å². The average Bonchev–Trinajstić information content (AvgIpc) is 2.68. The fourth-order valence-electron chi connectivity index (χ4n) is 2.46. The third kappa shape index (κ3) is 6.30. The number of amides is 2. The number of rotatable bonds is 9. The molecule has 0 bridgehead atoms. The van der Waals surface area contributed by atoms with Crippen molar-refractivity contribution in [2.45, 2.75) is 12.3 Å². The van der Waals surface area contributed by atoms with Crippen LogP contribution in [0.2, 0.25) is 0 Å². The van der Waals surface area contributed by atoms with E-state index in [9.17, 15) is 4.79 Å². The Morgan fingerprint density at radius 1 is 1.19 bits per heavy atom. The largest absolute Gasteiger partial charge is 0.337 e. The Bertz CT molecular complexity index is 755. The fraction of sp³-hybridized carbons (Fsp3) is 0.238. The normalized spacial score (nSPS) is 9.96. The molecule has 0 aliphatic rings. The van der Waals surface area contributed by atoms with Gasteiger partial charge in [0, 0.05) is 31.1 Å². The van der Waals surface area contributed by atoms with E-state index in [4.69, 9.17) is 5.26 Å². The van der Waals surface area contributed by atoms with Crippen molar-refractivity contribution in [2.75, 3.05) is 18.8 Å². The second-order valence-electron chi connectivity index (χ2n) is 5.71. The van der Waals surface area contributed by atoms with Crippen LogP contribution in [0.5, 0.6) is 0 Å². The molecule has 0 atom stereocenters. The lowest BCUT2D eigenvalue weighted by atomic mass is 10.1. The van der Waals surface area contributed by atoms with Crippen LogP contribution in [0.1, 0.15) is 16.7 Å². The van der Waals surface area contributed by atoms with Gasteiger partial charge in [-0.3, -0.25) is 0 Å². The molecule has 1 N–H and O–H groups in total. The standard InChI is InChI=1S/C21H23N3OS/c1-2-13-24(16-18-8-4-3-5-9-18)21(25)23-12-14-26-17-20-11-7-6-10-19(20)15-22/h2-11H,1,12-14,16-17H2,(H,23,25). The molecular formula is C21H23N3OS. The summed E-state index contributed by atoms with van der Waals surface area (Å²) in [4.78, 5) is 14.1. The highest BCUT2D eigenvalue weighted by molar-refractivity contribution is 7.98. The Labute approximate surface area is 159 Å². The highest BCUT2D eigenvalue weighted by Crippen LogP contribution is 2.15. The molecule has 0 unspecified atom stereocenters. The minimum atomic E-state index is -0.0909. The lowest BCUT2D eigenvalue weighted by molar-refractivity contribution is 0.201. The number of urea groups is 1. The number of carbonyl (C=O) groups is 1. The summed E-state index contributed by atoms with van der Waals surface area (Å²) in [5.41, 5.74) is 2.83. The predicted octanol–water partition coefficient (Wildman–Crippen LogP) is 4.19. The first-order valence-corrected chi connectivity index (χ1v) is 9.63. The Hall–Kier alpha value is -2.71. The van der Waals surface area contributed by atoms with Crippen molar-refractivity contribution in [2.24, 2.45) is 0 Å². The van der Waals surface area contributed by atoms with Gasteiger partial charge in [0.1, 0.15) is 0 Å². The molecule has 0 saturated carbocycles. The predicted molar refractivity (Wildman–Crippen MR) is 108 cm³/mol. The maximum Gasteiger partial charge on any atom is 0.318 e. The number of nitrogens with zero attached hydrogens (tertiary/aromatic N) is 2. The first kappa shape index (κ1) is 19.6. The molecule has 0 aliphatic heterocycles. The summed E-state index contributed by atoms with van der Waals surface area (Å²) >= 11 is 1.70. The molecule has 2 aromatic rings. The van der Waals surface area contributed by atoms with Crippen molar-refractivity contribution in [3.63, 3.8) is 0 Å². The van der Waals surface area contributed by atoms with E-state index in [0.29, 0.717) is 25.2 Å². The summed E-state index contributed by atoms with van der Waals surface area (Å²) in [5, 5.41) is 12.1. The summed E-state index contributed by atoms with van der Waals surface area (Å²) in [6.45, 7) is 5.38. The van der Waals surface area contributed by atoms with E-state index < -0.39 is 0 Å². The maximum atomic E-state index is 12.4. The lowest BCUT2D eigenvalue weighted by Gasteiger charge is -2.21. The first-order valence-electron chi connectivity index (χ1n) is 8.48. The van der Waals surface area contributed by atoms with Crippen molar-refractivity contribution < 1.29 is 4.79 Å². The Morgan fingerprint density at radius 3 is 2.65 bits per heavy atom. The molecule has 0 radical (unpaired) electrons. The molecular weight excluding hydrogens is 342 g/mol. The highest BCUT2D eigenvalue weighted by Gasteiger charge is 2.11. The van der Waals surface area contributed by atoms with Gasteiger partial charge in [-0.25, -0.2) is 4.79 Å². The Kier molecular flexibility index (Phi) is 8.31. The fourth-order valence-corrected chi connectivity index (χ4v) is 3.32. The molecule has 2 amide bonds. The van der Waals surface area contributed by atoms with Gasteiger partial charge < -0.3 is 10.2 Å². The van der Waals surface area contributed by atoms with Crippen molar-refractivity contribution in [3.8, 4) is 6.07 Å². The molecule has 2 rings (SSSR count). The van der Waals surface area contributed by atoms with E-state index >= 15 is 0 Å². The molecule has 26 heavy (non-hydrogen) atoms. The average molecular weight is 366 g/mol. The van der Waals surface area contributed by atoms with Crippen LogP contribution in [-0.2, 0) is 12.3 Å². The van der Waals surface area contributed by atoms with Crippen molar-refractivity contribution in [3.05, 3.63) is 83.9 Å². The Morgan fingerprint density at radius 2 is 1.92 bits per heavy atom. The van der Waals surface area contributed by atoms with Crippen molar-refractivity contribution in [1.82, 2.24) is 10.2 Å². The van der Waals surface area contributed by atoms with Crippen LogP contribution in [0.4, 0.5) is 4.79 Å². The van der Waals surface area contributed by atoms with Gasteiger partial charge in [0.25, 0.3) is 0 Å². The summed E-state index contributed by atoms with van der Waals surface area (Å²) in [6, 6.07) is 19.6. The van der Waals surface area contributed by atoms with Gasteiger partial charge in [0.05, 0.1) is 11.6 Å². The van der Waals surface area contributed by atoms with Gasteiger partial charge >= 0.3 is 6.03 Å². The maximum absolute atomic E-state index is 12.4. The van der Waals surface area contributed by atoms with E-state index in [0.717, 1.165) is 22.6 Å². The van der Waals surface area contributed by atoms with Crippen LogP contribution in [0.15, 0.2) is 67.3 Å². The smallest absolute Gasteiger partial charge is 0.318 e. The topological polar surface area (TPSA) is 56.1 Å². The van der Waals surface area contributed by atoms with Crippen molar-refractivity contribution in [1.29, 1.82) is 5.26 Å². The first-order chi connectivity index (χ1) is 12.7.